The third-order valence-corrected chi connectivity index (χ3v) is 4.61. The minimum atomic E-state index is 0.0366. The number of fused-ring (bicyclic) bond motifs is 1. The zero-order valence-corrected chi connectivity index (χ0v) is 13.9. The number of hydrogen-bond donors (Lipinski definition) is 0. The number of hydrogen-bond acceptors (Lipinski definition) is 5. The fourth-order valence-corrected chi connectivity index (χ4v) is 3.20. The van der Waals surface area contributed by atoms with Gasteiger partial charge >= 0.3 is 0 Å². The monoisotopic (exact) mass is 324 g/mol. The highest BCUT2D eigenvalue weighted by atomic mass is 16.2. The van der Waals surface area contributed by atoms with E-state index in [1.807, 2.05) is 48.0 Å². The molecule has 1 aromatic heterocycles. The Kier molecular flexibility index (Phi) is 3.55. The van der Waals surface area contributed by atoms with E-state index in [2.05, 4.69) is 19.9 Å². The van der Waals surface area contributed by atoms with Crippen molar-refractivity contribution in [2.75, 3.05) is 18.1 Å². The van der Waals surface area contributed by atoms with E-state index >= 15 is 0 Å². The number of anilines is 1. The van der Waals surface area contributed by atoms with Gasteiger partial charge in [0.25, 0.3) is 5.91 Å². The second-order valence-electron chi connectivity index (χ2n) is 6.30. The molecule has 24 heavy (non-hydrogen) atoms. The highest BCUT2D eigenvalue weighted by molar-refractivity contribution is 5.94. The molecular weight excluding hydrogens is 304 g/mol. The second-order valence-corrected chi connectivity index (χ2v) is 6.30. The highest BCUT2D eigenvalue weighted by Gasteiger charge is 2.24. The molecule has 0 saturated heterocycles. The van der Waals surface area contributed by atoms with Crippen molar-refractivity contribution in [2.24, 2.45) is 5.10 Å². The molecule has 2 aliphatic rings. The molecule has 0 spiro atoms. The Bertz CT molecular complexity index is 807. The van der Waals surface area contributed by atoms with Crippen LogP contribution in [-0.4, -0.2) is 44.4 Å². The molecule has 7 heteroatoms. The van der Waals surface area contributed by atoms with Crippen LogP contribution in [0, 0.1) is 6.92 Å². The van der Waals surface area contributed by atoms with Crippen molar-refractivity contribution in [2.45, 2.75) is 33.4 Å². The van der Waals surface area contributed by atoms with Crippen molar-refractivity contribution in [1.29, 1.82) is 0 Å². The van der Waals surface area contributed by atoms with Gasteiger partial charge in [0, 0.05) is 37.3 Å². The summed E-state index contributed by atoms with van der Waals surface area (Å²) in [7, 11) is 0. The summed E-state index contributed by atoms with van der Waals surface area (Å²) in [4.78, 5) is 14.6. The van der Waals surface area contributed by atoms with E-state index in [-0.39, 0.29) is 5.91 Å². The van der Waals surface area contributed by atoms with Crippen LogP contribution < -0.4 is 5.01 Å². The Hall–Kier alpha value is -2.70. The van der Waals surface area contributed by atoms with E-state index in [1.54, 1.807) is 0 Å². The second kappa shape index (κ2) is 5.74. The SMILES string of the molecule is CC1=NN(c2ccc(C(=O)N3CCn4c(C)nnc4C3)cc2)CC1. The predicted octanol–water partition coefficient (Wildman–Crippen LogP) is 1.83. The average molecular weight is 324 g/mol. The van der Waals surface area contributed by atoms with Crippen LogP contribution >= 0.6 is 0 Å². The van der Waals surface area contributed by atoms with Crippen LogP contribution in [0.25, 0.3) is 0 Å². The van der Waals surface area contributed by atoms with E-state index in [4.69, 9.17) is 0 Å². The number of carbonyl (C=O) groups excluding carboxylic acids is 1. The molecule has 2 aromatic rings. The molecule has 0 bridgehead atoms. The van der Waals surface area contributed by atoms with Crippen LogP contribution in [0.15, 0.2) is 29.4 Å². The Morgan fingerprint density at radius 1 is 1.04 bits per heavy atom. The summed E-state index contributed by atoms with van der Waals surface area (Å²) >= 11 is 0. The first-order chi connectivity index (χ1) is 11.6. The van der Waals surface area contributed by atoms with Crippen LogP contribution in [-0.2, 0) is 13.1 Å². The van der Waals surface area contributed by atoms with Gasteiger partial charge in [0.15, 0.2) is 5.82 Å². The summed E-state index contributed by atoms with van der Waals surface area (Å²) < 4.78 is 2.07. The van der Waals surface area contributed by atoms with Crippen molar-refractivity contribution < 1.29 is 4.79 Å². The first-order valence-corrected chi connectivity index (χ1v) is 8.21. The number of nitrogens with zero attached hydrogens (tertiary/aromatic N) is 6. The zero-order valence-electron chi connectivity index (χ0n) is 13.9. The molecule has 0 unspecified atom stereocenters. The quantitative estimate of drug-likeness (QED) is 0.845. The van der Waals surface area contributed by atoms with Crippen LogP contribution in [0.4, 0.5) is 5.69 Å². The Morgan fingerprint density at radius 3 is 2.54 bits per heavy atom. The lowest BCUT2D eigenvalue weighted by molar-refractivity contribution is 0.0706. The number of amides is 1. The first kappa shape index (κ1) is 14.9. The maximum Gasteiger partial charge on any atom is 0.254 e. The summed E-state index contributed by atoms with van der Waals surface area (Å²) in [6, 6.07) is 7.69. The average Bonchev–Trinajstić information content (AvgIpc) is 3.20. The van der Waals surface area contributed by atoms with Crippen molar-refractivity contribution in [3.8, 4) is 0 Å². The third-order valence-electron chi connectivity index (χ3n) is 4.61. The number of rotatable bonds is 2. The van der Waals surface area contributed by atoms with E-state index in [1.165, 1.54) is 0 Å². The third kappa shape index (κ3) is 2.55. The van der Waals surface area contributed by atoms with Gasteiger partial charge in [0.05, 0.1) is 12.2 Å². The summed E-state index contributed by atoms with van der Waals surface area (Å²) in [6.07, 6.45) is 0.995. The van der Waals surface area contributed by atoms with Gasteiger partial charge in [-0.2, -0.15) is 5.10 Å². The number of hydrazone groups is 1. The fraction of sp³-hybridized carbons (Fsp3) is 0.412. The first-order valence-electron chi connectivity index (χ1n) is 8.21. The van der Waals surface area contributed by atoms with Gasteiger partial charge in [0.2, 0.25) is 0 Å². The lowest BCUT2D eigenvalue weighted by Gasteiger charge is -2.27. The number of aryl methyl sites for hydroxylation is 1. The Morgan fingerprint density at radius 2 is 1.83 bits per heavy atom. The van der Waals surface area contributed by atoms with Crippen molar-refractivity contribution in [1.82, 2.24) is 19.7 Å². The lowest BCUT2D eigenvalue weighted by atomic mass is 10.1. The number of benzene rings is 1. The van der Waals surface area contributed by atoms with Gasteiger partial charge in [-0.3, -0.25) is 9.80 Å². The maximum atomic E-state index is 12.7. The van der Waals surface area contributed by atoms with Crippen molar-refractivity contribution in [3.05, 3.63) is 41.5 Å². The van der Waals surface area contributed by atoms with Crippen LogP contribution in [0.3, 0.4) is 0 Å². The molecule has 7 nitrogen and oxygen atoms in total. The van der Waals surface area contributed by atoms with Crippen LogP contribution in [0.1, 0.15) is 35.4 Å². The molecule has 1 amide bonds. The lowest BCUT2D eigenvalue weighted by Crippen LogP contribution is -2.38. The Balaban J connectivity index is 1.49. The van der Waals surface area contributed by atoms with Crippen molar-refractivity contribution >= 4 is 17.3 Å². The minimum Gasteiger partial charge on any atom is -0.329 e. The van der Waals surface area contributed by atoms with Gasteiger partial charge in [0.1, 0.15) is 5.82 Å². The van der Waals surface area contributed by atoms with E-state index < -0.39 is 0 Å². The minimum absolute atomic E-state index is 0.0366. The normalized spacial score (nSPS) is 17.0. The maximum absolute atomic E-state index is 12.7. The molecule has 1 aromatic carbocycles. The molecule has 0 radical (unpaired) electrons. The molecular formula is C17H20N6O. The van der Waals surface area contributed by atoms with Gasteiger partial charge in [-0.1, -0.05) is 0 Å². The van der Waals surface area contributed by atoms with E-state index in [9.17, 15) is 4.79 Å². The summed E-state index contributed by atoms with van der Waals surface area (Å²) in [5, 5.41) is 14.7. The Labute approximate surface area is 140 Å². The number of aromatic nitrogens is 3. The molecule has 0 aliphatic carbocycles. The predicted molar refractivity (Wildman–Crippen MR) is 91.0 cm³/mol. The molecule has 0 saturated carbocycles. The fourth-order valence-electron chi connectivity index (χ4n) is 3.20. The van der Waals surface area contributed by atoms with Crippen LogP contribution in [0.5, 0.6) is 0 Å². The summed E-state index contributed by atoms with van der Waals surface area (Å²) in [5.74, 6) is 1.79. The molecule has 2 aliphatic heterocycles. The summed E-state index contributed by atoms with van der Waals surface area (Å²) in [6.45, 7) is 6.82. The van der Waals surface area contributed by atoms with Gasteiger partial charge < -0.3 is 9.47 Å². The molecule has 4 rings (SSSR count). The van der Waals surface area contributed by atoms with E-state index in [0.717, 1.165) is 42.6 Å². The number of carbonyl (C=O) groups is 1. The standard InChI is InChI=1S/C17H20N6O/c1-12-7-8-23(20-12)15-5-3-14(4-6-15)17(24)21-9-10-22-13(2)18-19-16(22)11-21/h3-6H,7-11H2,1-2H3. The largest absolute Gasteiger partial charge is 0.329 e. The van der Waals surface area contributed by atoms with Crippen LogP contribution in [0.2, 0.25) is 0 Å². The van der Waals surface area contributed by atoms with Crippen molar-refractivity contribution in [3.63, 3.8) is 0 Å². The van der Waals surface area contributed by atoms with E-state index in [0.29, 0.717) is 18.7 Å². The van der Waals surface area contributed by atoms with Gasteiger partial charge in [-0.05, 0) is 38.1 Å². The topological polar surface area (TPSA) is 66.6 Å². The van der Waals surface area contributed by atoms with Gasteiger partial charge in [-0.25, -0.2) is 0 Å². The highest BCUT2D eigenvalue weighted by Crippen LogP contribution is 2.21. The molecule has 3 heterocycles. The molecule has 0 atom stereocenters. The molecule has 0 fully saturated rings. The molecule has 0 N–H and O–H groups in total. The summed E-state index contributed by atoms with van der Waals surface area (Å²) in [5.41, 5.74) is 2.86. The van der Waals surface area contributed by atoms with Gasteiger partial charge in [-0.15, -0.1) is 10.2 Å². The smallest absolute Gasteiger partial charge is 0.254 e. The zero-order chi connectivity index (χ0) is 16.7. The molecule has 124 valence electrons.